The van der Waals surface area contributed by atoms with Crippen molar-refractivity contribution in [1.29, 1.82) is 0 Å². The molecule has 0 heterocycles. The summed E-state index contributed by atoms with van der Waals surface area (Å²) in [7, 11) is 1.17. The zero-order valence-electron chi connectivity index (χ0n) is 10.8. The molecule has 0 saturated heterocycles. The van der Waals surface area contributed by atoms with E-state index in [0.717, 1.165) is 5.56 Å². The lowest BCUT2D eigenvalue weighted by Gasteiger charge is -2.12. The number of rotatable bonds is 6. The molecule has 0 spiro atoms. The number of carbonyl (C=O) groups excluding carboxylic acids is 2. The smallest absolute Gasteiger partial charge is 0.336 e. The Hall–Kier alpha value is -1.92. The SMILES string of the molecule is COC(=O)C(O)CNC(=O)c1ccccc1CCN. The Kier molecular flexibility index (Phi) is 5.98. The number of aliphatic hydroxyl groups excluding tert-OH is 1. The largest absolute Gasteiger partial charge is 0.467 e. The Morgan fingerprint density at radius 2 is 2.11 bits per heavy atom. The highest BCUT2D eigenvalue weighted by atomic mass is 16.5. The third kappa shape index (κ3) is 4.35. The number of nitrogens with one attached hydrogen (secondary N) is 1. The number of hydrogen-bond donors (Lipinski definition) is 3. The first-order chi connectivity index (χ1) is 9.10. The van der Waals surface area contributed by atoms with E-state index in [9.17, 15) is 14.7 Å². The average Bonchev–Trinajstić information content (AvgIpc) is 2.44. The molecule has 0 aliphatic heterocycles. The molecule has 1 atom stereocenters. The summed E-state index contributed by atoms with van der Waals surface area (Å²) in [4.78, 5) is 22.9. The summed E-state index contributed by atoms with van der Waals surface area (Å²) >= 11 is 0. The second kappa shape index (κ2) is 7.50. The Morgan fingerprint density at radius 1 is 1.42 bits per heavy atom. The van der Waals surface area contributed by atoms with Crippen LogP contribution < -0.4 is 11.1 Å². The number of carbonyl (C=O) groups is 2. The van der Waals surface area contributed by atoms with Crippen LogP contribution in [0.5, 0.6) is 0 Å². The van der Waals surface area contributed by atoms with E-state index < -0.39 is 12.1 Å². The molecule has 104 valence electrons. The number of aliphatic hydroxyl groups is 1. The lowest BCUT2D eigenvalue weighted by Crippen LogP contribution is -2.37. The molecule has 1 rings (SSSR count). The van der Waals surface area contributed by atoms with E-state index in [2.05, 4.69) is 10.1 Å². The number of hydrogen-bond acceptors (Lipinski definition) is 5. The van der Waals surface area contributed by atoms with Crippen LogP contribution in [-0.4, -0.2) is 43.3 Å². The predicted octanol–water partition coefficient (Wildman–Crippen LogP) is -0.548. The molecular formula is C13H18N2O4. The van der Waals surface area contributed by atoms with Gasteiger partial charge in [0.05, 0.1) is 13.7 Å². The fraction of sp³-hybridized carbons (Fsp3) is 0.385. The highest BCUT2D eigenvalue weighted by Gasteiger charge is 2.17. The summed E-state index contributed by atoms with van der Waals surface area (Å²) in [6.45, 7) is 0.248. The van der Waals surface area contributed by atoms with Crippen LogP contribution in [0.1, 0.15) is 15.9 Å². The van der Waals surface area contributed by atoms with E-state index in [0.29, 0.717) is 18.5 Å². The molecule has 1 unspecified atom stereocenters. The molecule has 1 aromatic carbocycles. The average molecular weight is 266 g/mol. The van der Waals surface area contributed by atoms with Gasteiger partial charge in [-0.15, -0.1) is 0 Å². The van der Waals surface area contributed by atoms with Gasteiger partial charge in [-0.25, -0.2) is 4.79 Å². The van der Waals surface area contributed by atoms with Crippen LogP contribution in [0.2, 0.25) is 0 Å². The molecule has 19 heavy (non-hydrogen) atoms. The van der Waals surface area contributed by atoms with Crippen molar-refractivity contribution in [3.8, 4) is 0 Å². The number of amides is 1. The second-order valence-corrected chi connectivity index (χ2v) is 3.94. The standard InChI is InChI=1S/C13H18N2O4/c1-19-13(18)11(16)8-15-12(17)10-5-3-2-4-9(10)6-7-14/h2-5,11,16H,6-8,14H2,1H3,(H,15,17). The molecule has 4 N–H and O–H groups in total. The van der Waals surface area contributed by atoms with Gasteiger partial charge in [-0.05, 0) is 24.6 Å². The molecule has 6 nitrogen and oxygen atoms in total. The number of nitrogens with two attached hydrogens (primary N) is 1. The minimum Gasteiger partial charge on any atom is -0.467 e. The van der Waals surface area contributed by atoms with Crippen molar-refractivity contribution < 1.29 is 19.4 Å². The first-order valence-electron chi connectivity index (χ1n) is 5.92. The third-order valence-electron chi connectivity index (χ3n) is 2.60. The molecule has 0 aliphatic carbocycles. The highest BCUT2D eigenvalue weighted by molar-refractivity contribution is 5.96. The molecule has 6 heteroatoms. The van der Waals surface area contributed by atoms with Gasteiger partial charge in [0.2, 0.25) is 0 Å². The Balaban J connectivity index is 2.65. The van der Waals surface area contributed by atoms with Crippen molar-refractivity contribution in [3.63, 3.8) is 0 Å². The van der Waals surface area contributed by atoms with Crippen LogP contribution >= 0.6 is 0 Å². The van der Waals surface area contributed by atoms with Crippen molar-refractivity contribution in [2.75, 3.05) is 20.2 Å². The molecule has 1 aromatic rings. The summed E-state index contributed by atoms with van der Waals surface area (Å²) in [5, 5.41) is 11.9. The topological polar surface area (TPSA) is 102 Å². The number of methoxy groups -OCH3 is 1. The van der Waals surface area contributed by atoms with Gasteiger partial charge in [0.25, 0.3) is 5.91 Å². The molecule has 0 bridgehead atoms. The molecule has 1 amide bonds. The Labute approximate surface area is 111 Å². The van der Waals surface area contributed by atoms with E-state index in [1.807, 2.05) is 12.1 Å². The second-order valence-electron chi connectivity index (χ2n) is 3.94. The fourth-order valence-electron chi connectivity index (χ4n) is 1.62. The molecule has 0 radical (unpaired) electrons. The maximum Gasteiger partial charge on any atom is 0.336 e. The first-order valence-corrected chi connectivity index (χ1v) is 5.92. The number of esters is 1. The lowest BCUT2D eigenvalue weighted by molar-refractivity contribution is -0.149. The lowest BCUT2D eigenvalue weighted by atomic mass is 10.0. The quantitative estimate of drug-likeness (QED) is 0.600. The minimum absolute atomic E-state index is 0.192. The number of ether oxygens (including phenoxy) is 1. The summed E-state index contributed by atoms with van der Waals surface area (Å²) in [6.07, 6.45) is -0.779. The predicted molar refractivity (Wildman–Crippen MR) is 69.6 cm³/mol. The van der Waals surface area contributed by atoms with Crippen molar-refractivity contribution >= 4 is 11.9 Å². The van der Waals surface area contributed by atoms with Crippen LogP contribution in [0, 0.1) is 0 Å². The van der Waals surface area contributed by atoms with Gasteiger partial charge in [0, 0.05) is 5.56 Å². The van der Waals surface area contributed by atoms with Crippen molar-refractivity contribution in [3.05, 3.63) is 35.4 Å². The minimum atomic E-state index is -1.37. The number of benzene rings is 1. The summed E-state index contributed by atoms with van der Waals surface area (Å²) in [5.74, 6) is -1.14. The first kappa shape index (κ1) is 15.1. The van der Waals surface area contributed by atoms with Gasteiger partial charge in [-0.1, -0.05) is 18.2 Å². The summed E-state index contributed by atoms with van der Waals surface area (Å²) in [6, 6.07) is 7.06. The molecule has 0 saturated carbocycles. The maximum absolute atomic E-state index is 11.9. The van der Waals surface area contributed by atoms with Gasteiger partial charge in [0.15, 0.2) is 6.10 Å². The molecule has 0 aromatic heterocycles. The van der Waals surface area contributed by atoms with Gasteiger partial charge < -0.3 is 20.9 Å². The van der Waals surface area contributed by atoms with Crippen LogP contribution in [0.4, 0.5) is 0 Å². The third-order valence-corrected chi connectivity index (χ3v) is 2.60. The molecule has 0 aliphatic rings. The summed E-state index contributed by atoms with van der Waals surface area (Å²) < 4.78 is 4.36. The normalized spacial score (nSPS) is 11.7. The van der Waals surface area contributed by atoms with Crippen LogP contribution in [0.3, 0.4) is 0 Å². The Bertz CT molecular complexity index is 448. The van der Waals surface area contributed by atoms with Crippen molar-refractivity contribution in [2.45, 2.75) is 12.5 Å². The molecular weight excluding hydrogens is 248 g/mol. The fourth-order valence-corrected chi connectivity index (χ4v) is 1.62. The zero-order valence-corrected chi connectivity index (χ0v) is 10.8. The van der Waals surface area contributed by atoms with E-state index in [4.69, 9.17) is 5.73 Å². The van der Waals surface area contributed by atoms with E-state index >= 15 is 0 Å². The van der Waals surface area contributed by atoms with Crippen molar-refractivity contribution in [1.82, 2.24) is 5.32 Å². The maximum atomic E-state index is 11.9. The van der Waals surface area contributed by atoms with Crippen molar-refractivity contribution in [2.24, 2.45) is 5.73 Å². The highest BCUT2D eigenvalue weighted by Crippen LogP contribution is 2.09. The van der Waals surface area contributed by atoms with Gasteiger partial charge in [0.1, 0.15) is 0 Å². The van der Waals surface area contributed by atoms with Crippen LogP contribution in [-0.2, 0) is 16.0 Å². The van der Waals surface area contributed by atoms with E-state index in [1.165, 1.54) is 7.11 Å². The molecule has 0 fully saturated rings. The monoisotopic (exact) mass is 266 g/mol. The van der Waals surface area contributed by atoms with Crippen LogP contribution in [0.25, 0.3) is 0 Å². The van der Waals surface area contributed by atoms with E-state index in [-0.39, 0.29) is 12.5 Å². The van der Waals surface area contributed by atoms with E-state index in [1.54, 1.807) is 12.1 Å². The zero-order chi connectivity index (χ0) is 14.3. The van der Waals surface area contributed by atoms with Gasteiger partial charge >= 0.3 is 5.97 Å². The van der Waals surface area contributed by atoms with Crippen LogP contribution in [0.15, 0.2) is 24.3 Å². The Morgan fingerprint density at radius 3 is 2.74 bits per heavy atom. The van der Waals surface area contributed by atoms with Gasteiger partial charge in [-0.3, -0.25) is 4.79 Å². The summed E-state index contributed by atoms with van der Waals surface area (Å²) in [5.41, 5.74) is 6.80. The van der Waals surface area contributed by atoms with Gasteiger partial charge in [-0.2, -0.15) is 0 Å².